The number of carbonyl (C=O) groups excluding carboxylic acids is 1. The van der Waals surface area contributed by atoms with Gasteiger partial charge in [-0.15, -0.1) is 6.42 Å². The minimum absolute atomic E-state index is 0.209. The predicted molar refractivity (Wildman–Crippen MR) is 53.8 cm³/mol. The average Bonchev–Trinajstić information content (AvgIpc) is 2.51. The SMILES string of the molecule is C#CC(C)(C)NC(=O)c1ccoc1C. The number of terminal acetylenes is 1. The first-order valence-electron chi connectivity index (χ1n) is 4.30. The molecule has 74 valence electrons. The van der Waals surface area contributed by atoms with E-state index in [-0.39, 0.29) is 5.91 Å². The van der Waals surface area contributed by atoms with Crippen LogP contribution in [0.25, 0.3) is 0 Å². The van der Waals surface area contributed by atoms with Crippen molar-refractivity contribution >= 4 is 5.91 Å². The molecule has 0 aliphatic rings. The van der Waals surface area contributed by atoms with Gasteiger partial charge in [0, 0.05) is 0 Å². The summed E-state index contributed by atoms with van der Waals surface area (Å²) in [5.74, 6) is 2.87. The molecule has 1 aromatic rings. The van der Waals surface area contributed by atoms with Crippen molar-refractivity contribution in [2.24, 2.45) is 0 Å². The van der Waals surface area contributed by atoms with Crippen molar-refractivity contribution in [1.82, 2.24) is 5.32 Å². The standard InChI is InChI=1S/C11H13NO2/c1-5-11(3,4)12-10(13)9-6-7-14-8(9)2/h1,6-7H,2-4H3,(H,12,13). The van der Waals surface area contributed by atoms with Crippen molar-refractivity contribution < 1.29 is 9.21 Å². The Balaban J connectivity index is 2.80. The van der Waals surface area contributed by atoms with Gasteiger partial charge in [0.05, 0.1) is 17.4 Å². The van der Waals surface area contributed by atoms with E-state index in [0.717, 1.165) is 0 Å². The Bertz CT molecular complexity index is 382. The van der Waals surface area contributed by atoms with Crippen LogP contribution in [-0.4, -0.2) is 11.4 Å². The molecular formula is C11H13NO2. The molecule has 0 bridgehead atoms. The lowest BCUT2D eigenvalue weighted by molar-refractivity contribution is 0.0928. The molecule has 0 spiro atoms. The highest BCUT2D eigenvalue weighted by Crippen LogP contribution is 2.10. The maximum Gasteiger partial charge on any atom is 0.255 e. The largest absolute Gasteiger partial charge is 0.469 e. The van der Waals surface area contributed by atoms with E-state index in [1.807, 2.05) is 0 Å². The molecule has 1 N–H and O–H groups in total. The maximum absolute atomic E-state index is 11.6. The van der Waals surface area contributed by atoms with Crippen LogP contribution in [0.5, 0.6) is 0 Å². The molecule has 0 saturated heterocycles. The minimum Gasteiger partial charge on any atom is -0.469 e. The Kier molecular flexibility index (Phi) is 2.66. The molecule has 0 aromatic carbocycles. The predicted octanol–water partition coefficient (Wildman–Crippen LogP) is 1.73. The highest BCUT2D eigenvalue weighted by molar-refractivity contribution is 5.95. The number of furan rings is 1. The summed E-state index contributed by atoms with van der Waals surface area (Å²) in [5, 5.41) is 2.71. The van der Waals surface area contributed by atoms with E-state index in [9.17, 15) is 4.79 Å². The fourth-order valence-corrected chi connectivity index (χ4v) is 1.01. The monoisotopic (exact) mass is 191 g/mol. The van der Waals surface area contributed by atoms with Crippen molar-refractivity contribution in [2.75, 3.05) is 0 Å². The van der Waals surface area contributed by atoms with E-state index in [1.165, 1.54) is 6.26 Å². The van der Waals surface area contributed by atoms with Gasteiger partial charge in [-0.25, -0.2) is 0 Å². The van der Waals surface area contributed by atoms with Crippen LogP contribution in [0.15, 0.2) is 16.7 Å². The van der Waals surface area contributed by atoms with Gasteiger partial charge in [0.25, 0.3) is 5.91 Å². The van der Waals surface area contributed by atoms with Crippen molar-refractivity contribution in [3.05, 3.63) is 23.7 Å². The van der Waals surface area contributed by atoms with Gasteiger partial charge < -0.3 is 9.73 Å². The average molecular weight is 191 g/mol. The second-order valence-corrected chi connectivity index (χ2v) is 3.61. The molecular weight excluding hydrogens is 178 g/mol. The van der Waals surface area contributed by atoms with Gasteiger partial charge in [0.15, 0.2) is 0 Å². The zero-order valence-electron chi connectivity index (χ0n) is 8.55. The number of aryl methyl sites for hydroxylation is 1. The summed E-state index contributed by atoms with van der Waals surface area (Å²) in [4.78, 5) is 11.6. The van der Waals surface area contributed by atoms with Crippen LogP contribution in [0.3, 0.4) is 0 Å². The van der Waals surface area contributed by atoms with Crippen LogP contribution in [0.4, 0.5) is 0 Å². The van der Waals surface area contributed by atoms with Crippen LogP contribution in [0.1, 0.15) is 30.0 Å². The quantitative estimate of drug-likeness (QED) is 0.723. The fraction of sp³-hybridized carbons (Fsp3) is 0.364. The molecule has 3 heteroatoms. The third-order valence-electron chi connectivity index (χ3n) is 1.89. The Labute approximate surface area is 83.5 Å². The van der Waals surface area contributed by atoms with E-state index in [2.05, 4.69) is 11.2 Å². The smallest absolute Gasteiger partial charge is 0.255 e. The first-order chi connectivity index (χ1) is 6.46. The fourth-order valence-electron chi connectivity index (χ4n) is 1.01. The summed E-state index contributed by atoms with van der Waals surface area (Å²) in [6.45, 7) is 5.26. The molecule has 14 heavy (non-hydrogen) atoms. The van der Waals surface area contributed by atoms with Crippen LogP contribution < -0.4 is 5.32 Å². The van der Waals surface area contributed by atoms with E-state index in [4.69, 9.17) is 10.8 Å². The molecule has 0 saturated carbocycles. The van der Waals surface area contributed by atoms with Crippen LogP contribution in [-0.2, 0) is 0 Å². The van der Waals surface area contributed by atoms with Gasteiger partial charge in [-0.3, -0.25) is 4.79 Å². The second kappa shape index (κ2) is 3.59. The van der Waals surface area contributed by atoms with E-state index >= 15 is 0 Å². The Morgan fingerprint density at radius 3 is 2.71 bits per heavy atom. The summed E-state index contributed by atoms with van der Waals surface area (Å²) in [6, 6.07) is 1.62. The number of rotatable bonds is 2. The van der Waals surface area contributed by atoms with Crippen molar-refractivity contribution in [2.45, 2.75) is 26.3 Å². The topological polar surface area (TPSA) is 42.2 Å². The van der Waals surface area contributed by atoms with Gasteiger partial charge in [0.2, 0.25) is 0 Å². The lowest BCUT2D eigenvalue weighted by Gasteiger charge is -2.19. The first kappa shape index (κ1) is 10.4. The molecule has 0 aliphatic carbocycles. The summed E-state index contributed by atoms with van der Waals surface area (Å²) < 4.78 is 5.02. The molecule has 0 fully saturated rings. The van der Waals surface area contributed by atoms with Crippen LogP contribution >= 0.6 is 0 Å². The summed E-state index contributed by atoms with van der Waals surface area (Å²) in [6.07, 6.45) is 6.74. The van der Waals surface area contributed by atoms with E-state index < -0.39 is 5.54 Å². The van der Waals surface area contributed by atoms with Crippen molar-refractivity contribution in [1.29, 1.82) is 0 Å². The van der Waals surface area contributed by atoms with Gasteiger partial charge in [0.1, 0.15) is 5.76 Å². The Hall–Kier alpha value is -1.69. The number of hydrogen-bond donors (Lipinski definition) is 1. The van der Waals surface area contributed by atoms with E-state index in [1.54, 1.807) is 26.8 Å². The third-order valence-corrected chi connectivity index (χ3v) is 1.89. The zero-order valence-corrected chi connectivity index (χ0v) is 8.55. The molecule has 3 nitrogen and oxygen atoms in total. The van der Waals surface area contributed by atoms with Crippen LogP contribution in [0.2, 0.25) is 0 Å². The molecule has 0 aliphatic heterocycles. The molecule has 0 radical (unpaired) electrons. The molecule has 1 aromatic heterocycles. The Morgan fingerprint density at radius 2 is 2.29 bits per heavy atom. The lowest BCUT2D eigenvalue weighted by atomic mass is 10.1. The second-order valence-electron chi connectivity index (χ2n) is 3.61. The summed E-state index contributed by atoms with van der Waals surface area (Å²) >= 11 is 0. The first-order valence-corrected chi connectivity index (χ1v) is 4.30. The number of hydrogen-bond acceptors (Lipinski definition) is 2. The van der Waals surface area contributed by atoms with Gasteiger partial charge in [-0.1, -0.05) is 5.92 Å². The zero-order chi connectivity index (χ0) is 10.8. The molecule has 0 unspecified atom stereocenters. The molecule has 1 heterocycles. The van der Waals surface area contributed by atoms with Crippen molar-refractivity contribution in [3.63, 3.8) is 0 Å². The molecule has 1 rings (SSSR count). The van der Waals surface area contributed by atoms with E-state index in [0.29, 0.717) is 11.3 Å². The van der Waals surface area contributed by atoms with Gasteiger partial charge in [-0.2, -0.15) is 0 Å². The van der Waals surface area contributed by atoms with Crippen molar-refractivity contribution in [3.8, 4) is 12.3 Å². The minimum atomic E-state index is -0.638. The molecule has 1 amide bonds. The maximum atomic E-state index is 11.6. The van der Waals surface area contributed by atoms with Gasteiger partial charge >= 0.3 is 0 Å². The van der Waals surface area contributed by atoms with Gasteiger partial charge in [-0.05, 0) is 26.8 Å². The number of carbonyl (C=O) groups is 1. The summed E-state index contributed by atoms with van der Waals surface area (Å²) in [7, 11) is 0. The Morgan fingerprint density at radius 1 is 1.64 bits per heavy atom. The number of nitrogens with one attached hydrogen (secondary N) is 1. The highest BCUT2D eigenvalue weighted by atomic mass is 16.3. The van der Waals surface area contributed by atoms with Crippen LogP contribution in [0, 0.1) is 19.3 Å². The lowest BCUT2D eigenvalue weighted by Crippen LogP contribution is -2.42. The third kappa shape index (κ3) is 2.17. The normalized spacial score (nSPS) is 10.7. The highest BCUT2D eigenvalue weighted by Gasteiger charge is 2.20. The molecule has 0 atom stereocenters. The summed E-state index contributed by atoms with van der Waals surface area (Å²) in [5.41, 5.74) is -0.117. The number of amides is 1.